The highest BCUT2D eigenvalue weighted by atomic mass is 16.5. The van der Waals surface area contributed by atoms with Crippen LogP contribution in [-0.2, 0) is 0 Å². The van der Waals surface area contributed by atoms with Crippen molar-refractivity contribution in [3.63, 3.8) is 0 Å². The molecule has 0 amide bonds. The minimum atomic E-state index is 0.311. The summed E-state index contributed by atoms with van der Waals surface area (Å²) in [5.74, 6) is 0.335. The molecule has 0 saturated carbocycles. The van der Waals surface area contributed by atoms with Gasteiger partial charge in [0.2, 0.25) is 5.95 Å². The van der Waals surface area contributed by atoms with Gasteiger partial charge >= 0.3 is 6.01 Å². The van der Waals surface area contributed by atoms with Crippen molar-refractivity contribution in [1.29, 1.82) is 0 Å². The highest BCUT2D eigenvalue weighted by Gasteiger charge is 2.11. The number of nitrogens with two attached hydrogens (primary N) is 1. The van der Waals surface area contributed by atoms with Gasteiger partial charge in [-0.2, -0.15) is 9.67 Å². The summed E-state index contributed by atoms with van der Waals surface area (Å²) in [6.07, 6.45) is 0. The van der Waals surface area contributed by atoms with Crippen LogP contribution in [0.2, 0.25) is 0 Å². The molecule has 0 aliphatic heterocycles. The van der Waals surface area contributed by atoms with E-state index in [1.165, 1.54) is 0 Å². The number of aryl methyl sites for hydroxylation is 2. The van der Waals surface area contributed by atoms with Gasteiger partial charge in [0.25, 0.3) is 0 Å². The number of nitrogen functional groups attached to an aromatic ring is 1. The average Bonchev–Trinajstić information content (AvgIpc) is 2.64. The Bertz CT molecular complexity index is 533. The van der Waals surface area contributed by atoms with Crippen molar-refractivity contribution in [2.75, 3.05) is 12.3 Å². The van der Waals surface area contributed by atoms with Gasteiger partial charge in [0, 0.05) is 0 Å². The number of benzene rings is 1. The summed E-state index contributed by atoms with van der Waals surface area (Å²) in [7, 11) is 0. The minimum Gasteiger partial charge on any atom is -0.463 e. The van der Waals surface area contributed by atoms with Gasteiger partial charge in [-0.05, 0) is 38.0 Å². The molecule has 2 N–H and O–H groups in total. The molecular weight excluding hydrogens is 216 g/mol. The van der Waals surface area contributed by atoms with Crippen LogP contribution in [-0.4, -0.2) is 21.4 Å². The van der Waals surface area contributed by atoms with Gasteiger partial charge in [-0.3, -0.25) is 0 Å². The molecule has 90 valence electrons. The summed E-state index contributed by atoms with van der Waals surface area (Å²) in [6.45, 7) is 6.45. The van der Waals surface area contributed by atoms with Crippen molar-refractivity contribution < 1.29 is 4.74 Å². The van der Waals surface area contributed by atoms with Crippen LogP contribution in [0, 0.1) is 13.8 Å². The van der Waals surface area contributed by atoms with Crippen molar-refractivity contribution in [3.05, 3.63) is 29.3 Å². The minimum absolute atomic E-state index is 0.311. The molecule has 0 spiro atoms. The summed E-state index contributed by atoms with van der Waals surface area (Å²) in [5.41, 5.74) is 9.01. The van der Waals surface area contributed by atoms with E-state index in [2.05, 4.69) is 16.1 Å². The summed E-state index contributed by atoms with van der Waals surface area (Å²) >= 11 is 0. The van der Waals surface area contributed by atoms with E-state index in [1.807, 2.05) is 32.9 Å². The molecule has 0 saturated heterocycles. The smallest absolute Gasteiger partial charge is 0.337 e. The summed E-state index contributed by atoms with van der Waals surface area (Å²) < 4.78 is 6.84. The topological polar surface area (TPSA) is 66.0 Å². The quantitative estimate of drug-likeness (QED) is 0.877. The summed E-state index contributed by atoms with van der Waals surface area (Å²) in [6, 6.07) is 6.42. The molecule has 0 atom stereocenters. The second-order valence-corrected chi connectivity index (χ2v) is 3.89. The van der Waals surface area contributed by atoms with E-state index in [0.29, 0.717) is 18.6 Å². The second-order valence-electron chi connectivity index (χ2n) is 3.89. The van der Waals surface area contributed by atoms with Crippen molar-refractivity contribution in [3.8, 4) is 11.7 Å². The monoisotopic (exact) mass is 232 g/mol. The summed E-state index contributed by atoms with van der Waals surface area (Å²) in [5, 5.41) is 4.23. The number of ether oxygens (including phenoxy) is 1. The lowest BCUT2D eigenvalue weighted by Crippen LogP contribution is -2.04. The predicted octanol–water partition coefficient (Wildman–Crippen LogP) is 1.87. The molecule has 0 aliphatic carbocycles. The van der Waals surface area contributed by atoms with Crippen LogP contribution in [0.5, 0.6) is 6.01 Å². The number of hydrogen-bond donors (Lipinski definition) is 1. The fourth-order valence-electron chi connectivity index (χ4n) is 1.62. The Morgan fingerprint density at radius 3 is 2.82 bits per heavy atom. The van der Waals surface area contributed by atoms with Gasteiger partial charge in [0.15, 0.2) is 0 Å². The number of nitrogens with zero attached hydrogens (tertiary/aromatic N) is 3. The Hall–Kier alpha value is -2.04. The van der Waals surface area contributed by atoms with Crippen molar-refractivity contribution in [2.24, 2.45) is 0 Å². The first-order chi connectivity index (χ1) is 8.11. The molecule has 5 nitrogen and oxygen atoms in total. The third-order valence-electron chi connectivity index (χ3n) is 2.48. The first-order valence-electron chi connectivity index (χ1n) is 5.54. The SMILES string of the molecule is CCOc1nc(N)n(-c2cc(C)ccc2C)n1. The van der Waals surface area contributed by atoms with Gasteiger partial charge in [0.05, 0.1) is 12.3 Å². The van der Waals surface area contributed by atoms with Crippen LogP contribution in [0.3, 0.4) is 0 Å². The Balaban J connectivity index is 2.48. The molecule has 2 rings (SSSR count). The molecule has 0 unspecified atom stereocenters. The Morgan fingerprint density at radius 2 is 2.12 bits per heavy atom. The first kappa shape index (κ1) is 11.4. The molecule has 0 bridgehead atoms. The highest BCUT2D eigenvalue weighted by molar-refractivity contribution is 5.46. The Labute approximate surface area is 100 Å². The number of rotatable bonds is 3. The molecular formula is C12H16N4O. The van der Waals surface area contributed by atoms with Crippen LogP contribution < -0.4 is 10.5 Å². The van der Waals surface area contributed by atoms with Crippen LogP contribution in [0.1, 0.15) is 18.1 Å². The zero-order chi connectivity index (χ0) is 12.4. The van der Waals surface area contributed by atoms with E-state index >= 15 is 0 Å². The van der Waals surface area contributed by atoms with E-state index in [4.69, 9.17) is 10.5 Å². The lowest BCUT2D eigenvalue weighted by Gasteiger charge is -2.07. The molecule has 1 aromatic carbocycles. The first-order valence-corrected chi connectivity index (χ1v) is 5.54. The van der Waals surface area contributed by atoms with Crippen molar-refractivity contribution in [1.82, 2.24) is 14.8 Å². The molecule has 5 heteroatoms. The van der Waals surface area contributed by atoms with E-state index in [0.717, 1.165) is 16.8 Å². The van der Waals surface area contributed by atoms with E-state index < -0.39 is 0 Å². The molecule has 17 heavy (non-hydrogen) atoms. The molecule has 1 aromatic heterocycles. The largest absolute Gasteiger partial charge is 0.463 e. The molecule has 1 heterocycles. The molecule has 0 fully saturated rings. The zero-order valence-electron chi connectivity index (χ0n) is 10.3. The summed E-state index contributed by atoms with van der Waals surface area (Å²) in [4.78, 5) is 4.05. The van der Waals surface area contributed by atoms with Crippen LogP contribution in [0.25, 0.3) is 5.69 Å². The van der Waals surface area contributed by atoms with Gasteiger partial charge < -0.3 is 10.5 Å². The third kappa shape index (κ3) is 2.22. The van der Waals surface area contributed by atoms with E-state index in [9.17, 15) is 0 Å². The van der Waals surface area contributed by atoms with Crippen LogP contribution in [0.4, 0.5) is 5.95 Å². The van der Waals surface area contributed by atoms with Crippen LogP contribution in [0.15, 0.2) is 18.2 Å². The standard InChI is InChI=1S/C12H16N4O/c1-4-17-12-14-11(13)16(15-12)10-7-8(2)5-6-9(10)3/h5-7H,4H2,1-3H3,(H2,13,14,15). The lowest BCUT2D eigenvalue weighted by atomic mass is 10.1. The maximum Gasteiger partial charge on any atom is 0.337 e. The fraction of sp³-hybridized carbons (Fsp3) is 0.333. The maximum atomic E-state index is 5.83. The second kappa shape index (κ2) is 4.45. The lowest BCUT2D eigenvalue weighted by molar-refractivity contribution is 0.312. The zero-order valence-corrected chi connectivity index (χ0v) is 10.3. The van der Waals surface area contributed by atoms with Gasteiger partial charge in [0.1, 0.15) is 0 Å². The van der Waals surface area contributed by atoms with Crippen molar-refractivity contribution >= 4 is 5.95 Å². The molecule has 0 aliphatic rings. The van der Waals surface area contributed by atoms with Crippen molar-refractivity contribution in [2.45, 2.75) is 20.8 Å². The Kier molecular flexibility index (Phi) is 2.99. The van der Waals surface area contributed by atoms with Gasteiger partial charge in [-0.25, -0.2) is 0 Å². The van der Waals surface area contributed by atoms with E-state index in [-0.39, 0.29) is 0 Å². The number of hydrogen-bond acceptors (Lipinski definition) is 4. The number of anilines is 1. The maximum absolute atomic E-state index is 5.83. The molecule has 0 radical (unpaired) electrons. The van der Waals surface area contributed by atoms with E-state index in [1.54, 1.807) is 4.68 Å². The fourth-order valence-corrected chi connectivity index (χ4v) is 1.62. The normalized spacial score (nSPS) is 10.5. The van der Waals surface area contributed by atoms with Crippen LogP contribution >= 0.6 is 0 Å². The van der Waals surface area contributed by atoms with Gasteiger partial charge in [-0.15, -0.1) is 5.10 Å². The highest BCUT2D eigenvalue weighted by Crippen LogP contribution is 2.19. The predicted molar refractivity (Wildman–Crippen MR) is 66.4 cm³/mol. The van der Waals surface area contributed by atoms with Gasteiger partial charge in [-0.1, -0.05) is 12.1 Å². The average molecular weight is 232 g/mol. The number of aromatic nitrogens is 3. The third-order valence-corrected chi connectivity index (χ3v) is 2.48. The molecule has 2 aromatic rings. The Morgan fingerprint density at radius 1 is 1.35 bits per heavy atom.